The first kappa shape index (κ1) is 64.3. The molecule has 12 N–H and O–H groups in total. The third-order valence-corrected chi connectivity index (χ3v) is 13.7. The van der Waals surface area contributed by atoms with E-state index in [0.29, 0.717) is 12.8 Å². The number of amides is 1. The third-order valence-electron chi connectivity index (χ3n) is 13.7. The third kappa shape index (κ3) is 22.7. The predicted molar refractivity (Wildman–Crippen MR) is 268 cm³/mol. The molecule has 0 bridgehead atoms. The van der Waals surface area contributed by atoms with Gasteiger partial charge in [0.05, 0.1) is 38.6 Å². The minimum atomic E-state index is -1.98. The molecule has 19 nitrogen and oxygen atoms in total. The van der Waals surface area contributed by atoms with E-state index in [-0.39, 0.29) is 18.9 Å². The van der Waals surface area contributed by atoms with E-state index in [1.807, 2.05) is 6.08 Å². The molecule has 72 heavy (non-hydrogen) atoms. The number of ether oxygens (including phenoxy) is 6. The van der Waals surface area contributed by atoms with Crippen molar-refractivity contribution in [3.05, 3.63) is 36.5 Å². The molecule has 0 saturated carbocycles. The van der Waals surface area contributed by atoms with Gasteiger partial charge < -0.3 is 89.9 Å². The molecule has 0 aromatic heterocycles. The van der Waals surface area contributed by atoms with Crippen molar-refractivity contribution < 1.29 is 89.4 Å². The fourth-order valence-electron chi connectivity index (χ4n) is 9.08. The van der Waals surface area contributed by atoms with E-state index in [4.69, 9.17) is 28.4 Å². The average molecular weight is 1030 g/mol. The van der Waals surface area contributed by atoms with Gasteiger partial charge in [0.2, 0.25) is 5.91 Å². The monoisotopic (exact) mass is 1030 g/mol. The lowest BCUT2D eigenvalue weighted by atomic mass is 9.96. The molecule has 3 aliphatic rings. The molecule has 3 fully saturated rings. The van der Waals surface area contributed by atoms with Crippen molar-refractivity contribution >= 4 is 5.91 Å². The van der Waals surface area contributed by atoms with Crippen LogP contribution in [0.2, 0.25) is 0 Å². The van der Waals surface area contributed by atoms with E-state index in [1.165, 1.54) is 70.6 Å². The predicted octanol–water partition coefficient (Wildman–Crippen LogP) is 2.98. The molecule has 420 valence electrons. The zero-order chi connectivity index (χ0) is 52.7. The molecule has 1 amide bonds. The second-order valence-corrected chi connectivity index (χ2v) is 19.7. The normalized spacial score (nSPS) is 32.3. The minimum absolute atomic E-state index is 0.225. The summed E-state index contributed by atoms with van der Waals surface area (Å²) in [7, 11) is 0. The van der Waals surface area contributed by atoms with Crippen molar-refractivity contribution in [1.29, 1.82) is 0 Å². The number of aliphatic hydroxyl groups is 11. The Balaban J connectivity index is 1.55. The molecule has 17 atom stereocenters. The Morgan fingerprint density at radius 3 is 1.39 bits per heavy atom. The second-order valence-electron chi connectivity index (χ2n) is 19.7. The second kappa shape index (κ2) is 37.7. The summed E-state index contributed by atoms with van der Waals surface area (Å²) in [6.07, 6.45) is 10.1. The number of unbranched alkanes of at least 4 members (excludes halogenated alkanes) is 18. The summed E-state index contributed by atoms with van der Waals surface area (Å²) in [5.41, 5.74) is 0. The van der Waals surface area contributed by atoms with Gasteiger partial charge in [-0.15, -0.1) is 0 Å². The van der Waals surface area contributed by atoms with Gasteiger partial charge in [-0.1, -0.05) is 134 Å². The lowest BCUT2D eigenvalue weighted by molar-refractivity contribution is -0.379. The smallest absolute Gasteiger partial charge is 0.220 e. The lowest BCUT2D eigenvalue weighted by Crippen LogP contribution is -2.66. The first-order valence-corrected chi connectivity index (χ1v) is 27.2. The van der Waals surface area contributed by atoms with E-state index < -0.39 is 124 Å². The van der Waals surface area contributed by atoms with Crippen molar-refractivity contribution in [2.45, 2.75) is 266 Å². The summed E-state index contributed by atoms with van der Waals surface area (Å²) in [5, 5.41) is 120. The Bertz CT molecular complexity index is 1470. The Kier molecular flexibility index (Phi) is 33.7. The largest absolute Gasteiger partial charge is 0.394 e. The molecule has 0 aromatic rings. The van der Waals surface area contributed by atoms with Crippen LogP contribution in [-0.2, 0) is 33.2 Å². The number of hydrogen-bond acceptors (Lipinski definition) is 18. The summed E-state index contributed by atoms with van der Waals surface area (Å²) in [6.45, 7) is 1.63. The Hall–Kier alpha value is -1.99. The molecule has 17 unspecified atom stereocenters. The molecule has 3 heterocycles. The van der Waals surface area contributed by atoms with E-state index in [9.17, 15) is 61.0 Å². The number of carbonyl (C=O) groups is 1. The van der Waals surface area contributed by atoms with Crippen LogP contribution in [0.5, 0.6) is 0 Å². The van der Waals surface area contributed by atoms with E-state index in [2.05, 4.69) is 43.5 Å². The zero-order valence-electron chi connectivity index (χ0n) is 43.1. The topological polar surface area (TPSA) is 307 Å². The minimum Gasteiger partial charge on any atom is -0.394 e. The molecule has 3 aliphatic heterocycles. The van der Waals surface area contributed by atoms with Crippen LogP contribution >= 0.6 is 0 Å². The summed E-state index contributed by atoms with van der Waals surface area (Å²) >= 11 is 0. The lowest BCUT2D eigenvalue weighted by Gasteiger charge is -2.48. The Morgan fingerprint density at radius 1 is 0.486 bits per heavy atom. The van der Waals surface area contributed by atoms with Crippen LogP contribution in [0.4, 0.5) is 0 Å². The first-order valence-electron chi connectivity index (χ1n) is 27.2. The van der Waals surface area contributed by atoms with Crippen LogP contribution in [0, 0.1) is 0 Å². The quantitative estimate of drug-likeness (QED) is 0.0313. The highest BCUT2D eigenvalue weighted by atomic mass is 16.8. The van der Waals surface area contributed by atoms with Crippen molar-refractivity contribution in [3.63, 3.8) is 0 Å². The summed E-state index contributed by atoms with van der Waals surface area (Å²) < 4.78 is 34.1. The summed E-state index contributed by atoms with van der Waals surface area (Å²) in [5.74, 6) is -0.298. The standard InChI is InChI=1S/C53H95NO18/c1-3-5-7-9-11-13-15-16-17-18-19-21-23-25-27-29-31-41(59)54-36(37(58)30-28-26-24-22-20-14-12-10-8-6-4-2)35-67-51-47(65)44(62)49(39(33-56)69-51)72-53-48(66)45(63)50(40(34-57)70-53)71-52-46(64)43(61)42(60)38(32-55)68-52/h17-18,20,22,28,30,36-40,42-53,55-58,60-66H,3-16,19,21,23-27,29,31-35H2,1-2H3,(H,54,59)/b18-17-,22-20+,30-28+. The van der Waals surface area contributed by atoms with Crippen molar-refractivity contribution in [3.8, 4) is 0 Å². The molecule has 0 aliphatic carbocycles. The van der Waals surface area contributed by atoms with Crippen molar-refractivity contribution in [2.75, 3.05) is 26.4 Å². The van der Waals surface area contributed by atoms with Crippen LogP contribution < -0.4 is 5.32 Å². The van der Waals surface area contributed by atoms with Gasteiger partial charge in [-0.25, -0.2) is 0 Å². The molecule has 19 heteroatoms. The van der Waals surface area contributed by atoms with Crippen molar-refractivity contribution in [2.24, 2.45) is 0 Å². The molecule has 0 spiro atoms. The molecule has 3 saturated heterocycles. The van der Waals surface area contributed by atoms with E-state index >= 15 is 0 Å². The molecule has 0 aromatic carbocycles. The molecule has 3 rings (SSSR count). The number of aliphatic hydroxyl groups excluding tert-OH is 11. The first-order chi connectivity index (χ1) is 34.8. The van der Waals surface area contributed by atoms with Gasteiger partial charge in [0.1, 0.15) is 73.2 Å². The summed E-state index contributed by atoms with van der Waals surface area (Å²) in [6, 6.07) is -0.990. The molecule has 0 radical (unpaired) electrons. The number of carbonyl (C=O) groups excluding carboxylic acids is 1. The maximum Gasteiger partial charge on any atom is 0.220 e. The number of nitrogens with one attached hydrogen (secondary N) is 1. The van der Waals surface area contributed by atoms with Gasteiger partial charge in [-0.3, -0.25) is 4.79 Å². The number of rotatable bonds is 38. The molecular weight excluding hydrogens is 939 g/mol. The zero-order valence-corrected chi connectivity index (χ0v) is 43.1. The van der Waals surface area contributed by atoms with Gasteiger partial charge in [0.15, 0.2) is 18.9 Å². The fourth-order valence-corrected chi connectivity index (χ4v) is 9.08. The fraction of sp³-hybridized carbons (Fsp3) is 0.868. The van der Waals surface area contributed by atoms with Crippen LogP contribution in [0.15, 0.2) is 36.5 Å². The van der Waals surface area contributed by atoms with Gasteiger partial charge in [-0.2, -0.15) is 0 Å². The SMILES string of the molecule is CCCCCCC/C=C/CC/C=C/C(O)C(COC1OC(CO)C(OC2OC(CO)C(OC3OC(CO)C(O)C(O)C3O)C(O)C2O)C(O)C1O)NC(=O)CCCCCCC/C=C\CCCCCCCCC. The average Bonchev–Trinajstić information content (AvgIpc) is 3.37. The van der Waals surface area contributed by atoms with Crippen LogP contribution in [0.25, 0.3) is 0 Å². The molecular formula is C53H95NO18. The van der Waals surface area contributed by atoms with Crippen LogP contribution in [0.3, 0.4) is 0 Å². The number of allylic oxidation sites excluding steroid dienone is 5. The van der Waals surface area contributed by atoms with E-state index in [1.54, 1.807) is 6.08 Å². The van der Waals surface area contributed by atoms with Crippen LogP contribution in [-0.4, -0.2) is 193 Å². The van der Waals surface area contributed by atoms with Crippen LogP contribution in [0.1, 0.15) is 162 Å². The van der Waals surface area contributed by atoms with E-state index in [0.717, 1.165) is 57.8 Å². The summed E-state index contributed by atoms with van der Waals surface area (Å²) in [4.78, 5) is 13.2. The van der Waals surface area contributed by atoms with Gasteiger partial charge in [-0.05, 0) is 57.8 Å². The highest BCUT2D eigenvalue weighted by Crippen LogP contribution is 2.33. The highest BCUT2D eigenvalue weighted by molar-refractivity contribution is 5.76. The number of hydrogen-bond donors (Lipinski definition) is 12. The Morgan fingerprint density at radius 2 is 0.889 bits per heavy atom. The van der Waals surface area contributed by atoms with Gasteiger partial charge in [0, 0.05) is 6.42 Å². The maximum absolute atomic E-state index is 13.2. The van der Waals surface area contributed by atoms with Gasteiger partial charge >= 0.3 is 0 Å². The van der Waals surface area contributed by atoms with Crippen molar-refractivity contribution in [1.82, 2.24) is 5.32 Å². The Labute approximate surface area is 428 Å². The maximum atomic E-state index is 13.2. The highest BCUT2D eigenvalue weighted by Gasteiger charge is 2.53. The van der Waals surface area contributed by atoms with Gasteiger partial charge in [0.25, 0.3) is 0 Å².